The first kappa shape index (κ1) is 23.6. The molecule has 2 fully saturated rings. The number of thiophene rings is 1. The van der Waals surface area contributed by atoms with Crippen LogP contribution in [-0.2, 0) is 11.3 Å². The van der Waals surface area contributed by atoms with E-state index in [4.69, 9.17) is 9.72 Å². The van der Waals surface area contributed by atoms with Gasteiger partial charge in [-0.1, -0.05) is 49.6 Å². The number of morpholine rings is 1. The fourth-order valence-corrected chi connectivity index (χ4v) is 6.26. The first-order valence-corrected chi connectivity index (χ1v) is 13.3. The molecule has 5 rings (SSSR count). The topological polar surface area (TPSA) is 81.7 Å². The SMILES string of the molecule is O=c1[nH]c(CN(CC(O)CN2CCOCC2)C2CCCCC2)nc2scc(-c3ccccc3)c12. The molecule has 8 heteroatoms. The van der Waals surface area contributed by atoms with Crippen LogP contribution in [0.4, 0.5) is 0 Å². The zero-order chi connectivity index (χ0) is 23.3. The number of nitrogens with one attached hydrogen (secondary N) is 1. The van der Waals surface area contributed by atoms with E-state index in [2.05, 4.69) is 14.8 Å². The summed E-state index contributed by atoms with van der Waals surface area (Å²) in [5.74, 6) is 0.683. The van der Waals surface area contributed by atoms with E-state index in [-0.39, 0.29) is 5.56 Å². The Bertz CT molecular complexity index is 1120. The fourth-order valence-electron chi connectivity index (χ4n) is 5.29. The Morgan fingerprint density at radius 2 is 1.94 bits per heavy atom. The van der Waals surface area contributed by atoms with Crippen molar-refractivity contribution in [3.05, 3.63) is 51.9 Å². The third kappa shape index (κ3) is 5.58. The summed E-state index contributed by atoms with van der Waals surface area (Å²) in [4.78, 5) is 26.4. The van der Waals surface area contributed by atoms with Gasteiger partial charge in [0.05, 0.1) is 31.2 Å². The molecular formula is C26H34N4O3S. The summed E-state index contributed by atoms with van der Waals surface area (Å²) in [6.07, 6.45) is 5.53. The van der Waals surface area contributed by atoms with Crippen molar-refractivity contribution < 1.29 is 9.84 Å². The molecule has 0 spiro atoms. The van der Waals surface area contributed by atoms with Crippen molar-refractivity contribution in [2.24, 2.45) is 0 Å². The molecule has 2 aliphatic rings. The van der Waals surface area contributed by atoms with Crippen molar-refractivity contribution in [1.29, 1.82) is 0 Å². The van der Waals surface area contributed by atoms with E-state index in [1.165, 1.54) is 30.6 Å². The van der Waals surface area contributed by atoms with Gasteiger partial charge in [0.2, 0.25) is 0 Å². The van der Waals surface area contributed by atoms with Crippen LogP contribution in [0.25, 0.3) is 21.3 Å². The molecular weight excluding hydrogens is 448 g/mol. The van der Waals surface area contributed by atoms with E-state index in [9.17, 15) is 9.90 Å². The number of H-pyrrole nitrogens is 1. The Balaban J connectivity index is 1.35. The first-order chi connectivity index (χ1) is 16.7. The van der Waals surface area contributed by atoms with Crippen LogP contribution in [0.15, 0.2) is 40.5 Å². The van der Waals surface area contributed by atoms with Gasteiger partial charge in [-0.25, -0.2) is 4.98 Å². The van der Waals surface area contributed by atoms with Crippen LogP contribution >= 0.6 is 11.3 Å². The number of nitrogens with zero attached hydrogens (tertiary/aromatic N) is 3. The van der Waals surface area contributed by atoms with Gasteiger partial charge in [-0.15, -0.1) is 11.3 Å². The van der Waals surface area contributed by atoms with Crippen LogP contribution in [-0.4, -0.2) is 76.4 Å². The molecule has 2 N–H and O–H groups in total. The van der Waals surface area contributed by atoms with Gasteiger partial charge in [0.1, 0.15) is 10.7 Å². The number of rotatable bonds is 8. The van der Waals surface area contributed by atoms with E-state index in [1.54, 1.807) is 0 Å². The number of aromatic nitrogens is 2. The lowest BCUT2D eigenvalue weighted by molar-refractivity contribution is -0.000663. The van der Waals surface area contributed by atoms with Gasteiger partial charge in [-0.05, 0) is 18.4 Å². The number of benzene rings is 1. The molecule has 1 aliphatic carbocycles. The van der Waals surface area contributed by atoms with Crippen LogP contribution in [0.2, 0.25) is 0 Å². The zero-order valence-electron chi connectivity index (χ0n) is 19.6. The second-order valence-electron chi connectivity index (χ2n) is 9.50. The third-order valence-corrected chi connectivity index (χ3v) is 7.91. The molecule has 1 unspecified atom stereocenters. The predicted octanol–water partition coefficient (Wildman–Crippen LogP) is 3.48. The molecule has 7 nitrogen and oxygen atoms in total. The monoisotopic (exact) mass is 482 g/mol. The van der Waals surface area contributed by atoms with Gasteiger partial charge in [-0.2, -0.15) is 0 Å². The highest BCUT2D eigenvalue weighted by molar-refractivity contribution is 7.17. The number of aliphatic hydroxyl groups is 1. The average Bonchev–Trinajstić information content (AvgIpc) is 3.30. The molecule has 0 bridgehead atoms. The Morgan fingerprint density at radius 1 is 1.18 bits per heavy atom. The number of aliphatic hydroxyl groups excluding tert-OH is 1. The van der Waals surface area contributed by atoms with E-state index in [1.807, 2.05) is 35.7 Å². The van der Waals surface area contributed by atoms with Crippen molar-refractivity contribution in [2.45, 2.75) is 50.8 Å². The molecule has 3 aromatic rings. The number of β-amino-alcohol motifs (C(OH)–C–C–N with tert-alkyl or cyclic N) is 1. The minimum absolute atomic E-state index is 0.0856. The molecule has 1 aliphatic heterocycles. The average molecular weight is 483 g/mol. The van der Waals surface area contributed by atoms with E-state index in [0.717, 1.165) is 55.1 Å². The van der Waals surface area contributed by atoms with Gasteiger partial charge < -0.3 is 14.8 Å². The lowest BCUT2D eigenvalue weighted by Gasteiger charge is -2.36. The quantitative estimate of drug-likeness (QED) is 0.512. The van der Waals surface area contributed by atoms with E-state index < -0.39 is 6.10 Å². The number of fused-ring (bicyclic) bond motifs is 1. The first-order valence-electron chi connectivity index (χ1n) is 12.5. The molecule has 34 heavy (non-hydrogen) atoms. The molecule has 1 aromatic carbocycles. The Labute approximate surface area is 204 Å². The summed E-state index contributed by atoms with van der Waals surface area (Å²) in [5, 5.41) is 13.6. The molecule has 1 saturated carbocycles. The van der Waals surface area contributed by atoms with Crippen LogP contribution in [0.3, 0.4) is 0 Å². The van der Waals surface area contributed by atoms with Crippen molar-refractivity contribution in [3.63, 3.8) is 0 Å². The summed E-state index contributed by atoms with van der Waals surface area (Å²) in [5.41, 5.74) is 1.88. The van der Waals surface area contributed by atoms with Crippen molar-refractivity contribution >= 4 is 21.6 Å². The lowest BCUT2D eigenvalue weighted by Crippen LogP contribution is -2.47. The van der Waals surface area contributed by atoms with Crippen molar-refractivity contribution in [1.82, 2.24) is 19.8 Å². The second kappa shape index (κ2) is 11.1. The molecule has 182 valence electrons. The normalized spacial score (nSPS) is 19.1. The number of ether oxygens (including phenoxy) is 1. The molecule has 3 heterocycles. The second-order valence-corrected chi connectivity index (χ2v) is 10.4. The Kier molecular flexibility index (Phi) is 7.71. The number of hydrogen-bond acceptors (Lipinski definition) is 7. The molecule has 0 amide bonds. The lowest BCUT2D eigenvalue weighted by atomic mass is 9.94. The third-order valence-electron chi connectivity index (χ3n) is 7.04. The summed E-state index contributed by atoms with van der Waals surface area (Å²) in [6, 6.07) is 10.4. The van der Waals surface area contributed by atoms with Crippen LogP contribution in [0.1, 0.15) is 37.9 Å². The van der Waals surface area contributed by atoms with Gasteiger partial charge in [0.25, 0.3) is 5.56 Å². The number of hydrogen-bond donors (Lipinski definition) is 2. The Hall–Kier alpha value is -2.10. The van der Waals surface area contributed by atoms with E-state index >= 15 is 0 Å². The van der Waals surface area contributed by atoms with Gasteiger partial charge >= 0.3 is 0 Å². The van der Waals surface area contributed by atoms with E-state index in [0.29, 0.717) is 36.9 Å². The maximum absolute atomic E-state index is 13.1. The summed E-state index contributed by atoms with van der Waals surface area (Å²) >= 11 is 1.52. The van der Waals surface area contributed by atoms with Crippen molar-refractivity contribution in [2.75, 3.05) is 39.4 Å². The molecule has 1 atom stereocenters. The molecule has 2 aromatic heterocycles. The van der Waals surface area contributed by atoms with Crippen LogP contribution in [0, 0.1) is 0 Å². The van der Waals surface area contributed by atoms with Crippen molar-refractivity contribution in [3.8, 4) is 11.1 Å². The standard InChI is InChI=1S/C26H34N4O3S/c31-21(15-29-11-13-33-14-12-29)16-30(20-9-5-2-6-10-20)17-23-27-25(32)24-22(18-34-26(24)28-23)19-7-3-1-4-8-19/h1,3-4,7-8,18,20-21,31H,2,5-6,9-17H2,(H,27,28,32). The largest absolute Gasteiger partial charge is 0.390 e. The maximum Gasteiger partial charge on any atom is 0.260 e. The number of aromatic amines is 1. The fraction of sp³-hybridized carbons (Fsp3) is 0.538. The van der Waals surface area contributed by atoms with Gasteiger partial charge in [0.15, 0.2) is 0 Å². The summed E-state index contributed by atoms with van der Waals surface area (Å²) in [6.45, 7) is 4.99. The highest BCUT2D eigenvalue weighted by atomic mass is 32.1. The summed E-state index contributed by atoms with van der Waals surface area (Å²) < 4.78 is 5.44. The van der Waals surface area contributed by atoms with Gasteiger partial charge in [-0.3, -0.25) is 14.6 Å². The highest BCUT2D eigenvalue weighted by Crippen LogP contribution is 2.31. The minimum atomic E-state index is -0.443. The Morgan fingerprint density at radius 3 is 2.71 bits per heavy atom. The zero-order valence-corrected chi connectivity index (χ0v) is 20.4. The molecule has 0 radical (unpaired) electrons. The predicted molar refractivity (Wildman–Crippen MR) is 136 cm³/mol. The smallest absolute Gasteiger partial charge is 0.260 e. The van der Waals surface area contributed by atoms with Crippen LogP contribution in [0.5, 0.6) is 0 Å². The highest BCUT2D eigenvalue weighted by Gasteiger charge is 2.26. The maximum atomic E-state index is 13.1. The molecule has 1 saturated heterocycles. The summed E-state index contributed by atoms with van der Waals surface area (Å²) in [7, 11) is 0. The minimum Gasteiger partial charge on any atom is -0.390 e. The van der Waals surface area contributed by atoms with Crippen LogP contribution < -0.4 is 5.56 Å². The van der Waals surface area contributed by atoms with Gasteiger partial charge in [0, 0.05) is 43.2 Å².